The van der Waals surface area contributed by atoms with Crippen LogP contribution in [0.3, 0.4) is 0 Å². The first-order valence-corrected chi connectivity index (χ1v) is 9.95. The SMILES string of the molecule is COC(=O)c1cccc(Nc2cc(NC3CCS(=O)(=O)C3)nc(C)n2)c1. The topological polar surface area (TPSA) is 110 Å². The number of esters is 1. The Morgan fingerprint density at radius 2 is 2.00 bits per heavy atom. The Morgan fingerprint density at radius 1 is 1.23 bits per heavy atom. The molecule has 2 heterocycles. The minimum absolute atomic E-state index is 0.111. The van der Waals surface area contributed by atoms with Crippen molar-refractivity contribution < 1.29 is 17.9 Å². The van der Waals surface area contributed by atoms with Gasteiger partial charge in [-0.15, -0.1) is 0 Å². The fourth-order valence-electron chi connectivity index (χ4n) is 2.81. The number of nitrogens with zero attached hydrogens (tertiary/aromatic N) is 2. The molecule has 1 unspecified atom stereocenters. The molecule has 1 aromatic carbocycles. The molecule has 0 saturated carbocycles. The second kappa shape index (κ2) is 7.28. The van der Waals surface area contributed by atoms with Gasteiger partial charge in [-0.1, -0.05) is 6.07 Å². The third-order valence-corrected chi connectivity index (χ3v) is 5.75. The summed E-state index contributed by atoms with van der Waals surface area (Å²) in [6.45, 7) is 1.76. The Hall–Kier alpha value is -2.68. The largest absolute Gasteiger partial charge is 0.465 e. The summed E-state index contributed by atoms with van der Waals surface area (Å²) in [6, 6.07) is 8.44. The first kappa shape index (κ1) is 18.1. The number of methoxy groups -OCH3 is 1. The number of anilines is 3. The number of aryl methyl sites for hydroxylation is 1. The maximum absolute atomic E-state index is 11.6. The molecule has 2 aromatic rings. The molecule has 1 atom stereocenters. The molecular formula is C17H20N4O4S. The van der Waals surface area contributed by atoms with Crippen molar-refractivity contribution in [2.75, 3.05) is 29.2 Å². The maximum atomic E-state index is 11.6. The van der Waals surface area contributed by atoms with Crippen LogP contribution in [0.25, 0.3) is 0 Å². The molecular weight excluding hydrogens is 356 g/mol. The van der Waals surface area contributed by atoms with Gasteiger partial charge in [-0.25, -0.2) is 23.2 Å². The van der Waals surface area contributed by atoms with Gasteiger partial charge in [0.05, 0.1) is 24.2 Å². The molecule has 26 heavy (non-hydrogen) atoms. The van der Waals surface area contributed by atoms with E-state index in [1.54, 1.807) is 37.3 Å². The average molecular weight is 376 g/mol. The molecule has 1 fully saturated rings. The number of nitrogens with one attached hydrogen (secondary N) is 2. The molecule has 9 heteroatoms. The first-order valence-electron chi connectivity index (χ1n) is 8.13. The molecule has 138 valence electrons. The lowest BCUT2D eigenvalue weighted by atomic mass is 10.2. The molecule has 0 radical (unpaired) electrons. The van der Waals surface area contributed by atoms with Crippen molar-refractivity contribution in [2.45, 2.75) is 19.4 Å². The fraction of sp³-hybridized carbons (Fsp3) is 0.353. The first-order chi connectivity index (χ1) is 12.3. The van der Waals surface area contributed by atoms with Gasteiger partial charge in [0.1, 0.15) is 17.5 Å². The second-order valence-corrected chi connectivity index (χ2v) is 8.36. The van der Waals surface area contributed by atoms with E-state index in [1.807, 2.05) is 0 Å². The Morgan fingerprint density at radius 3 is 2.69 bits per heavy atom. The molecule has 3 rings (SSSR count). The van der Waals surface area contributed by atoms with Crippen LogP contribution >= 0.6 is 0 Å². The van der Waals surface area contributed by atoms with Gasteiger partial charge in [-0.05, 0) is 31.5 Å². The van der Waals surface area contributed by atoms with Crippen molar-refractivity contribution in [3.63, 3.8) is 0 Å². The molecule has 0 aliphatic carbocycles. The minimum Gasteiger partial charge on any atom is -0.465 e. The van der Waals surface area contributed by atoms with Gasteiger partial charge in [-0.2, -0.15) is 0 Å². The summed E-state index contributed by atoms with van der Waals surface area (Å²) in [4.78, 5) is 20.3. The summed E-state index contributed by atoms with van der Waals surface area (Å²) >= 11 is 0. The van der Waals surface area contributed by atoms with Gasteiger partial charge in [0.15, 0.2) is 9.84 Å². The maximum Gasteiger partial charge on any atom is 0.337 e. The highest BCUT2D eigenvalue weighted by Crippen LogP contribution is 2.21. The number of carbonyl (C=O) groups excluding carboxylic acids is 1. The lowest BCUT2D eigenvalue weighted by Crippen LogP contribution is -2.21. The number of hydrogen-bond acceptors (Lipinski definition) is 8. The quantitative estimate of drug-likeness (QED) is 0.762. The van der Waals surface area contributed by atoms with Crippen molar-refractivity contribution in [3.05, 3.63) is 41.7 Å². The number of sulfone groups is 1. The fourth-order valence-corrected chi connectivity index (χ4v) is 4.49. The molecule has 8 nitrogen and oxygen atoms in total. The molecule has 1 saturated heterocycles. The van der Waals surface area contributed by atoms with Crippen molar-refractivity contribution in [1.82, 2.24) is 9.97 Å². The van der Waals surface area contributed by atoms with Crippen LogP contribution in [0.15, 0.2) is 30.3 Å². The summed E-state index contributed by atoms with van der Waals surface area (Å²) in [6.07, 6.45) is 0.565. The van der Waals surface area contributed by atoms with E-state index in [0.717, 1.165) is 0 Å². The van der Waals surface area contributed by atoms with Crippen molar-refractivity contribution in [3.8, 4) is 0 Å². The molecule has 0 spiro atoms. The Labute approximate surface area is 151 Å². The van der Waals surface area contributed by atoms with Crippen LogP contribution in [0.1, 0.15) is 22.6 Å². The smallest absolute Gasteiger partial charge is 0.337 e. The minimum atomic E-state index is -2.97. The van der Waals surface area contributed by atoms with Gasteiger partial charge in [-0.3, -0.25) is 0 Å². The zero-order valence-corrected chi connectivity index (χ0v) is 15.3. The van der Waals surface area contributed by atoms with Crippen LogP contribution in [0, 0.1) is 6.92 Å². The van der Waals surface area contributed by atoms with Crippen molar-refractivity contribution in [1.29, 1.82) is 0 Å². The number of benzene rings is 1. The van der Waals surface area contributed by atoms with Crippen LogP contribution in [-0.2, 0) is 14.6 Å². The Balaban J connectivity index is 1.77. The molecule has 0 bridgehead atoms. The standard InChI is InChI=1S/C17H20N4O4S/c1-11-18-15(20-13-5-3-4-12(8-13)17(22)25-2)9-16(19-11)21-14-6-7-26(23,24)10-14/h3-5,8-9,14H,6-7,10H2,1-2H3,(H2,18,19,20,21). The van der Waals surface area contributed by atoms with Crippen LogP contribution in [0.2, 0.25) is 0 Å². The van der Waals surface area contributed by atoms with Gasteiger partial charge in [0, 0.05) is 17.8 Å². The molecule has 2 N–H and O–H groups in total. The van der Waals surface area contributed by atoms with Gasteiger partial charge in [0.2, 0.25) is 0 Å². The lowest BCUT2D eigenvalue weighted by Gasteiger charge is -2.14. The predicted octanol–water partition coefficient (Wildman–Crippen LogP) is 1.91. The summed E-state index contributed by atoms with van der Waals surface area (Å²) < 4.78 is 27.9. The van der Waals surface area contributed by atoms with Gasteiger partial charge < -0.3 is 15.4 Å². The number of aromatic nitrogens is 2. The molecule has 1 aliphatic heterocycles. The molecule has 1 aliphatic rings. The van der Waals surface area contributed by atoms with E-state index in [2.05, 4.69) is 20.6 Å². The zero-order chi connectivity index (χ0) is 18.7. The lowest BCUT2D eigenvalue weighted by molar-refractivity contribution is 0.0601. The monoisotopic (exact) mass is 376 g/mol. The summed E-state index contributed by atoms with van der Waals surface area (Å²) in [7, 11) is -1.63. The van der Waals surface area contributed by atoms with E-state index >= 15 is 0 Å². The van der Waals surface area contributed by atoms with Gasteiger partial charge >= 0.3 is 5.97 Å². The summed E-state index contributed by atoms with van der Waals surface area (Å²) in [5, 5.41) is 6.29. The van der Waals surface area contributed by atoms with E-state index in [4.69, 9.17) is 4.74 Å². The van der Waals surface area contributed by atoms with Crippen LogP contribution in [0.4, 0.5) is 17.3 Å². The Bertz CT molecular complexity index is 930. The van der Waals surface area contributed by atoms with Gasteiger partial charge in [0.25, 0.3) is 0 Å². The van der Waals surface area contributed by atoms with Crippen molar-refractivity contribution >= 4 is 33.1 Å². The third kappa shape index (κ3) is 4.48. The number of rotatable bonds is 5. The van der Waals surface area contributed by atoms with Crippen LogP contribution in [-0.4, -0.2) is 49.0 Å². The third-order valence-electron chi connectivity index (χ3n) is 3.98. The number of carbonyl (C=O) groups is 1. The van der Waals surface area contributed by atoms with Crippen molar-refractivity contribution in [2.24, 2.45) is 0 Å². The molecule has 1 aromatic heterocycles. The summed E-state index contributed by atoms with van der Waals surface area (Å²) in [5.74, 6) is 1.54. The van der Waals surface area contributed by atoms with Crippen LogP contribution in [0.5, 0.6) is 0 Å². The Kier molecular flexibility index (Phi) is 5.08. The summed E-state index contributed by atoms with van der Waals surface area (Å²) in [5.41, 5.74) is 1.11. The van der Waals surface area contributed by atoms with E-state index in [0.29, 0.717) is 35.1 Å². The normalized spacial score (nSPS) is 18.3. The van der Waals surface area contributed by atoms with Crippen LogP contribution < -0.4 is 10.6 Å². The zero-order valence-electron chi connectivity index (χ0n) is 14.5. The number of ether oxygens (including phenoxy) is 1. The molecule has 0 amide bonds. The van der Waals surface area contributed by atoms with E-state index in [9.17, 15) is 13.2 Å². The average Bonchev–Trinajstić information content (AvgIpc) is 2.92. The van der Waals surface area contributed by atoms with E-state index in [-0.39, 0.29) is 17.5 Å². The highest BCUT2D eigenvalue weighted by Gasteiger charge is 2.28. The predicted molar refractivity (Wildman–Crippen MR) is 98.5 cm³/mol. The van der Waals surface area contributed by atoms with E-state index in [1.165, 1.54) is 7.11 Å². The highest BCUT2D eigenvalue weighted by molar-refractivity contribution is 7.91. The highest BCUT2D eigenvalue weighted by atomic mass is 32.2. The van der Waals surface area contributed by atoms with E-state index < -0.39 is 15.8 Å². The number of hydrogen-bond donors (Lipinski definition) is 2. The second-order valence-electron chi connectivity index (χ2n) is 6.13.